The largest absolute Gasteiger partial charge is 0.428 e. The lowest BCUT2D eigenvalue weighted by atomic mass is 9.62. The quantitative estimate of drug-likeness (QED) is 0.638. The number of fused-ring (bicyclic) bond motifs is 2. The van der Waals surface area contributed by atoms with Gasteiger partial charge in [0, 0.05) is 16.9 Å². The number of hydrogen-bond acceptors (Lipinski definition) is 3. The van der Waals surface area contributed by atoms with Crippen molar-refractivity contribution in [1.82, 2.24) is 4.73 Å². The Balaban J connectivity index is 2.45. The van der Waals surface area contributed by atoms with Crippen LogP contribution in [-0.4, -0.2) is 15.7 Å². The highest BCUT2D eigenvalue weighted by Gasteiger charge is 2.46. The maximum absolute atomic E-state index is 13.3. The summed E-state index contributed by atoms with van der Waals surface area (Å²) >= 11 is 6.05. The second-order valence-electron chi connectivity index (χ2n) is 9.50. The molecule has 5 heteroatoms. The number of carbonyl (C=O) groups excluding carboxylic acids is 1. The zero-order valence-corrected chi connectivity index (χ0v) is 16.9. The summed E-state index contributed by atoms with van der Waals surface area (Å²) < 4.78 is 1.04. The maximum Gasteiger partial charge on any atom is 0.200 e. The van der Waals surface area contributed by atoms with Crippen molar-refractivity contribution in [3.05, 3.63) is 44.7 Å². The minimum absolute atomic E-state index is 0.114. The molecule has 26 heavy (non-hydrogen) atoms. The maximum atomic E-state index is 13.3. The fourth-order valence-corrected chi connectivity index (χ4v) is 4.23. The molecule has 1 aromatic heterocycles. The van der Waals surface area contributed by atoms with Crippen molar-refractivity contribution in [1.29, 1.82) is 0 Å². The number of ketones is 1. The summed E-state index contributed by atoms with van der Waals surface area (Å²) in [4.78, 5) is 26.5. The summed E-state index contributed by atoms with van der Waals surface area (Å²) in [7, 11) is 0. The molecule has 1 aliphatic carbocycles. The molecule has 0 saturated carbocycles. The number of pyridine rings is 1. The molecule has 0 radical (unpaired) electrons. The second kappa shape index (κ2) is 5.85. The average Bonchev–Trinajstić information content (AvgIpc) is 2.49. The van der Waals surface area contributed by atoms with Crippen LogP contribution in [0.15, 0.2) is 23.0 Å². The molecule has 0 bridgehead atoms. The van der Waals surface area contributed by atoms with E-state index in [1.807, 2.05) is 20.8 Å². The lowest BCUT2D eigenvalue weighted by Crippen LogP contribution is -2.42. The first-order valence-corrected chi connectivity index (χ1v) is 9.33. The third-order valence-electron chi connectivity index (χ3n) is 5.60. The molecule has 1 aliphatic rings. The summed E-state index contributed by atoms with van der Waals surface area (Å²) in [6.07, 6.45) is 0.609. The van der Waals surface area contributed by atoms with Gasteiger partial charge in [0.05, 0.1) is 22.2 Å². The van der Waals surface area contributed by atoms with E-state index in [-0.39, 0.29) is 44.8 Å². The van der Waals surface area contributed by atoms with Crippen LogP contribution in [-0.2, 0) is 0 Å². The topological polar surface area (TPSA) is 59.3 Å². The van der Waals surface area contributed by atoms with E-state index in [4.69, 9.17) is 11.6 Å². The monoisotopic (exact) mass is 375 g/mol. The molecule has 2 atom stereocenters. The molecule has 0 amide bonds. The summed E-state index contributed by atoms with van der Waals surface area (Å²) in [6.45, 7) is 12.3. The van der Waals surface area contributed by atoms with Crippen LogP contribution >= 0.6 is 11.6 Å². The van der Waals surface area contributed by atoms with Gasteiger partial charge < -0.3 is 5.21 Å². The van der Waals surface area contributed by atoms with Gasteiger partial charge in [-0.25, -0.2) is 0 Å². The summed E-state index contributed by atoms with van der Waals surface area (Å²) in [5.41, 5.74) is 0.117. The van der Waals surface area contributed by atoms with Gasteiger partial charge in [0.25, 0.3) is 0 Å². The number of hydrogen-bond donors (Lipinski definition) is 1. The zero-order valence-electron chi connectivity index (χ0n) is 16.2. The van der Waals surface area contributed by atoms with Crippen molar-refractivity contribution in [2.75, 3.05) is 0 Å². The normalized spacial score (nSPS) is 21.1. The highest BCUT2D eigenvalue weighted by atomic mass is 35.5. The lowest BCUT2D eigenvalue weighted by molar-refractivity contribution is 0.0683. The number of Topliss-reactive ketones (excluding diaryl/α,β-unsaturated/α-hetero) is 1. The Morgan fingerprint density at radius 3 is 2.15 bits per heavy atom. The van der Waals surface area contributed by atoms with E-state index >= 15 is 0 Å². The van der Waals surface area contributed by atoms with Gasteiger partial charge in [-0.1, -0.05) is 53.1 Å². The minimum Gasteiger partial charge on any atom is -0.428 e. The number of benzene rings is 1. The highest BCUT2D eigenvalue weighted by Crippen LogP contribution is 2.49. The molecule has 1 heterocycles. The first-order chi connectivity index (χ1) is 11.8. The molecule has 0 spiro atoms. The summed E-state index contributed by atoms with van der Waals surface area (Å²) in [6, 6.07) is 4.78. The predicted molar refractivity (Wildman–Crippen MR) is 104 cm³/mol. The van der Waals surface area contributed by atoms with Gasteiger partial charge in [0.2, 0.25) is 5.43 Å². The molecule has 1 N–H and O–H groups in total. The SMILES string of the molecule is CC(C)(C)C1CC(C(C)(C)C)c2c(c(=O)c3cc(Cl)ccc3n2O)C1=O. The molecule has 2 unspecified atom stereocenters. The Morgan fingerprint density at radius 1 is 1.04 bits per heavy atom. The van der Waals surface area contributed by atoms with E-state index < -0.39 is 0 Å². The number of rotatable bonds is 0. The third kappa shape index (κ3) is 2.84. The van der Waals surface area contributed by atoms with Crippen molar-refractivity contribution in [2.24, 2.45) is 16.7 Å². The molecule has 0 aliphatic heterocycles. The molecule has 1 aromatic carbocycles. The number of halogens is 1. The summed E-state index contributed by atoms with van der Waals surface area (Å²) in [5, 5.41) is 11.6. The zero-order chi connectivity index (χ0) is 19.6. The van der Waals surface area contributed by atoms with E-state index in [0.717, 1.165) is 4.73 Å². The first kappa shape index (κ1) is 19.0. The van der Waals surface area contributed by atoms with Gasteiger partial charge in [-0.05, 0) is 35.4 Å². The molecule has 140 valence electrons. The van der Waals surface area contributed by atoms with Gasteiger partial charge in [0.1, 0.15) is 0 Å². The van der Waals surface area contributed by atoms with Crippen LogP contribution in [0.25, 0.3) is 10.9 Å². The van der Waals surface area contributed by atoms with Gasteiger partial charge in [0.15, 0.2) is 5.78 Å². The van der Waals surface area contributed by atoms with E-state index in [9.17, 15) is 14.8 Å². The Morgan fingerprint density at radius 2 is 1.62 bits per heavy atom. The number of nitrogens with zero attached hydrogens (tertiary/aromatic N) is 1. The Hall–Kier alpha value is -1.81. The highest BCUT2D eigenvalue weighted by molar-refractivity contribution is 6.31. The molecule has 4 nitrogen and oxygen atoms in total. The molecule has 3 rings (SSSR count). The van der Waals surface area contributed by atoms with Gasteiger partial charge >= 0.3 is 0 Å². The van der Waals surface area contributed by atoms with Crippen LogP contribution in [0, 0.1) is 16.7 Å². The van der Waals surface area contributed by atoms with E-state index in [0.29, 0.717) is 22.7 Å². The van der Waals surface area contributed by atoms with Gasteiger partial charge in [-0.3, -0.25) is 9.59 Å². The van der Waals surface area contributed by atoms with Crippen LogP contribution in [0.4, 0.5) is 0 Å². The van der Waals surface area contributed by atoms with Crippen molar-refractivity contribution in [2.45, 2.75) is 53.9 Å². The summed E-state index contributed by atoms with van der Waals surface area (Å²) in [5.74, 6) is -0.566. The van der Waals surface area contributed by atoms with Gasteiger partial charge in [-0.2, -0.15) is 4.73 Å². The van der Waals surface area contributed by atoms with Crippen LogP contribution in [0.1, 0.15) is 69.9 Å². The molecular weight excluding hydrogens is 350 g/mol. The van der Waals surface area contributed by atoms with Gasteiger partial charge in [-0.15, -0.1) is 0 Å². The van der Waals surface area contributed by atoms with Crippen LogP contribution in [0.2, 0.25) is 5.02 Å². The third-order valence-corrected chi connectivity index (χ3v) is 5.83. The van der Waals surface area contributed by atoms with Crippen molar-refractivity contribution in [3.63, 3.8) is 0 Å². The minimum atomic E-state index is -0.337. The molecule has 0 fully saturated rings. The first-order valence-electron chi connectivity index (χ1n) is 8.95. The Labute approximate surface area is 158 Å². The second-order valence-corrected chi connectivity index (χ2v) is 9.94. The van der Waals surface area contributed by atoms with E-state index in [2.05, 4.69) is 20.8 Å². The van der Waals surface area contributed by atoms with Crippen molar-refractivity contribution in [3.8, 4) is 0 Å². The van der Waals surface area contributed by atoms with Crippen molar-refractivity contribution < 1.29 is 10.0 Å². The van der Waals surface area contributed by atoms with Crippen LogP contribution < -0.4 is 5.43 Å². The van der Waals surface area contributed by atoms with E-state index in [1.54, 1.807) is 12.1 Å². The molecular formula is C21H26ClNO3. The van der Waals surface area contributed by atoms with E-state index in [1.165, 1.54) is 6.07 Å². The average molecular weight is 376 g/mol. The van der Waals surface area contributed by atoms with Crippen LogP contribution in [0.3, 0.4) is 0 Å². The fraction of sp³-hybridized carbons (Fsp3) is 0.524. The lowest BCUT2D eigenvalue weighted by Gasteiger charge is -2.42. The van der Waals surface area contributed by atoms with Crippen molar-refractivity contribution >= 4 is 28.3 Å². The number of carbonyl (C=O) groups is 1. The smallest absolute Gasteiger partial charge is 0.200 e. The molecule has 2 aromatic rings. The molecule has 0 saturated heterocycles. The predicted octanol–water partition coefficient (Wildman–Crippen LogP) is 5.27. The number of aromatic nitrogens is 1. The van der Waals surface area contributed by atoms with Crippen LogP contribution in [0.5, 0.6) is 0 Å². The fourth-order valence-electron chi connectivity index (χ4n) is 4.06. The Bertz CT molecular complexity index is 960. The standard InChI is InChI=1S/C21H26ClNO3/c1-20(2,3)13-10-14(21(4,5)6)19(25)16-17(13)23(26)15-8-7-11(22)9-12(15)18(16)24/h7-9,13-14,26H,10H2,1-6H3. The Kier molecular flexibility index (Phi) is 4.27.